The Kier molecular flexibility index (Phi) is 6.50. The molecule has 174 valence electrons. The molecule has 6 nitrogen and oxygen atoms in total. The number of nitrogens with one attached hydrogen (secondary N) is 2. The number of aryl methyl sites for hydroxylation is 3. The summed E-state index contributed by atoms with van der Waals surface area (Å²) in [4.78, 5) is 16.1. The minimum absolute atomic E-state index is 0.158. The van der Waals surface area contributed by atoms with Crippen LogP contribution in [0.15, 0.2) is 46.7 Å². The zero-order valence-corrected chi connectivity index (χ0v) is 21.0. The topological polar surface area (TPSA) is 78.5 Å². The van der Waals surface area contributed by atoms with Gasteiger partial charge in [0.25, 0.3) is 15.9 Å². The lowest BCUT2D eigenvalue weighted by atomic mass is 10.0. The third-order valence-corrected chi connectivity index (χ3v) is 8.33. The molecule has 1 aliphatic heterocycles. The molecular formula is C25H29N3O3S2. The summed E-state index contributed by atoms with van der Waals surface area (Å²) in [6.07, 6.45) is 2.35. The number of amides is 1. The first kappa shape index (κ1) is 23.3. The molecule has 0 radical (unpaired) electrons. The molecule has 3 aromatic rings. The van der Waals surface area contributed by atoms with E-state index in [0.717, 1.165) is 35.5 Å². The number of carbonyl (C=O) groups excluding carboxylic acids is 1. The van der Waals surface area contributed by atoms with E-state index in [1.807, 2.05) is 20.8 Å². The van der Waals surface area contributed by atoms with Gasteiger partial charge in [0.05, 0.1) is 10.6 Å². The Labute approximate surface area is 199 Å². The Morgan fingerprint density at radius 2 is 1.64 bits per heavy atom. The van der Waals surface area contributed by atoms with Crippen molar-refractivity contribution in [3.63, 3.8) is 0 Å². The summed E-state index contributed by atoms with van der Waals surface area (Å²) in [6, 6.07) is 10.3. The van der Waals surface area contributed by atoms with Gasteiger partial charge < -0.3 is 10.2 Å². The first-order valence-corrected chi connectivity index (χ1v) is 13.4. The number of hydrogen-bond acceptors (Lipinski definition) is 5. The van der Waals surface area contributed by atoms with Crippen molar-refractivity contribution in [2.24, 2.45) is 0 Å². The zero-order valence-electron chi connectivity index (χ0n) is 19.4. The lowest BCUT2D eigenvalue weighted by molar-refractivity contribution is 0.103. The molecule has 0 unspecified atom stereocenters. The van der Waals surface area contributed by atoms with E-state index >= 15 is 0 Å². The molecule has 2 aromatic carbocycles. The van der Waals surface area contributed by atoms with Gasteiger partial charge in [-0.05, 0) is 80.8 Å². The number of carbonyl (C=O) groups is 1. The number of nitrogens with zero attached hydrogens (tertiary/aromatic N) is 1. The highest BCUT2D eigenvalue weighted by molar-refractivity contribution is 7.92. The second kappa shape index (κ2) is 9.19. The first-order valence-electron chi connectivity index (χ1n) is 11.0. The second-order valence-electron chi connectivity index (χ2n) is 8.59. The van der Waals surface area contributed by atoms with Crippen molar-refractivity contribution in [3.05, 3.63) is 68.9 Å². The summed E-state index contributed by atoms with van der Waals surface area (Å²) in [6.45, 7) is 10.1. The summed E-state index contributed by atoms with van der Waals surface area (Å²) in [7, 11) is -3.80. The Bertz CT molecular complexity index is 1290. The summed E-state index contributed by atoms with van der Waals surface area (Å²) in [5.41, 5.74) is 6.45. The molecule has 0 atom stereocenters. The highest BCUT2D eigenvalue weighted by atomic mass is 32.2. The smallest absolute Gasteiger partial charge is 0.267 e. The molecule has 1 fully saturated rings. The summed E-state index contributed by atoms with van der Waals surface area (Å²) < 4.78 is 28.3. The molecule has 1 saturated heterocycles. The van der Waals surface area contributed by atoms with Crippen LogP contribution in [0.4, 0.5) is 17.1 Å². The maximum absolute atomic E-state index is 13.2. The average molecular weight is 484 g/mol. The molecule has 0 saturated carbocycles. The lowest BCUT2D eigenvalue weighted by Crippen LogP contribution is -2.22. The average Bonchev–Trinajstić information content (AvgIpc) is 3.43. The molecule has 1 aromatic heterocycles. The lowest BCUT2D eigenvalue weighted by Gasteiger charge is -2.26. The van der Waals surface area contributed by atoms with Crippen molar-refractivity contribution in [1.82, 2.24) is 0 Å². The molecule has 0 bridgehead atoms. The first-order chi connectivity index (χ1) is 15.7. The molecule has 0 spiro atoms. The van der Waals surface area contributed by atoms with E-state index in [0.29, 0.717) is 4.88 Å². The van der Waals surface area contributed by atoms with Gasteiger partial charge in [0.15, 0.2) is 0 Å². The normalized spacial score (nSPS) is 13.9. The van der Waals surface area contributed by atoms with Gasteiger partial charge in [0, 0.05) is 24.5 Å². The van der Waals surface area contributed by atoms with E-state index in [4.69, 9.17) is 0 Å². The summed E-state index contributed by atoms with van der Waals surface area (Å²) >= 11 is 1.21. The van der Waals surface area contributed by atoms with Crippen LogP contribution in [0, 0.1) is 27.7 Å². The molecule has 2 N–H and O–H groups in total. The van der Waals surface area contributed by atoms with Crippen LogP contribution in [0.2, 0.25) is 0 Å². The SMILES string of the molecule is Cc1ccc(S(=O)(=O)Nc2ccsc2C(=O)Nc2c(C)cc(C)c(N3CCCC3)c2C)cc1. The molecule has 0 aliphatic carbocycles. The maximum Gasteiger partial charge on any atom is 0.267 e. The fourth-order valence-electron chi connectivity index (χ4n) is 4.45. The summed E-state index contributed by atoms with van der Waals surface area (Å²) in [5.74, 6) is -0.325. The van der Waals surface area contributed by atoms with E-state index in [2.05, 4.69) is 27.9 Å². The highest BCUT2D eigenvalue weighted by Crippen LogP contribution is 2.36. The van der Waals surface area contributed by atoms with Gasteiger partial charge >= 0.3 is 0 Å². The van der Waals surface area contributed by atoms with E-state index in [1.165, 1.54) is 35.4 Å². The zero-order chi connectivity index (χ0) is 23.8. The van der Waals surface area contributed by atoms with Crippen LogP contribution in [-0.2, 0) is 10.0 Å². The Balaban J connectivity index is 1.60. The predicted molar refractivity (Wildman–Crippen MR) is 136 cm³/mol. The summed E-state index contributed by atoms with van der Waals surface area (Å²) in [5, 5.41) is 4.77. The standard InChI is InChI=1S/C25H29N3O3S2/c1-16-7-9-20(10-8-16)33(30,31)27-21-11-14-32-24(21)25(29)26-22-17(2)15-18(3)23(19(22)4)28-12-5-6-13-28/h7-11,14-15,27H,5-6,12-13H2,1-4H3,(H,26,29). The van der Waals surface area contributed by atoms with Gasteiger partial charge in [0.1, 0.15) is 4.88 Å². The maximum atomic E-state index is 13.2. The Morgan fingerprint density at radius 3 is 2.30 bits per heavy atom. The largest absolute Gasteiger partial charge is 0.371 e. The highest BCUT2D eigenvalue weighted by Gasteiger charge is 2.23. The van der Waals surface area contributed by atoms with Crippen LogP contribution in [0.3, 0.4) is 0 Å². The quantitative estimate of drug-likeness (QED) is 0.476. The van der Waals surface area contributed by atoms with Gasteiger partial charge in [0.2, 0.25) is 0 Å². The molecule has 1 aliphatic rings. The van der Waals surface area contributed by atoms with Crippen molar-refractivity contribution in [2.75, 3.05) is 28.0 Å². The minimum Gasteiger partial charge on any atom is -0.371 e. The van der Waals surface area contributed by atoms with Crippen molar-refractivity contribution < 1.29 is 13.2 Å². The third-order valence-electron chi connectivity index (χ3n) is 6.04. The van der Waals surface area contributed by atoms with Crippen molar-refractivity contribution in [1.29, 1.82) is 0 Å². The number of benzene rings is 2. The molecule has 4 rings (SSSR count). The number of rotatable bonds is 6. The predicted octanol–water partition coefficient (Wildman–Crippen LogP) is 5.64. The van der Waals surface area contributed by atoms with Crippen LogP contribution in [0.25, 0.3) is 0 Å². The van der Waals surface area contributed by atoms with Gasteiger partial charge in [-0.15, -0.1) is 11.3 Å². The fraction of sp³-hybridized carbons (Fsp3) is 0.320. The number of hydrogen-bond donors (Lipinski definition) is 2. The van der Waals surface area contributed by atoms with Crippen molar-refractivity contribution in [2.45, 2.75) is 45.4 Å². The molecular weight excluding hydrogens is 454 g/mol. The molecule has 1 amide bonds. The molecule has 2 heterocycles. The van der Waals surface area contributed by atoms with Crippen LogP contribution in [-0.4, -0.2) is 27.4 Å². The minimum atomic E-state index is -3.80. The van der Waals surface area contributed by atoms with E-state index in [9.17, 15) is 13.2 Å². The van der Waals surface area contributed by atoms with E-state index in [1.54, 1.807) is 35.7 Å². The molecule has 33 heavy (non-hydrogen) atoms. The van der Waals surface area contributed by atoms with Crippen LogP contribution in [0.5, 0.6) is 0 Å². The van der Waals surface area contributed by atoms with Gasteiger partial charge in [-0.1, -0.05) is 23.8 Å². The van der Waals surface area contributed by atoms with E-state index < -0.39 is 10.0 Å². The number of anilines is 3. The number of sulfonamides is 1. The van der Waals surface area contributed by atoms with Crippen molar-refractivity contribution in [3.8, 4) is 0 Å². The number of thiophene rings is 1. The van der Waals surface area contributed by atoms with Crippen LogP contribution < -0.4 is 14.9 Å². The van der Waals surface area contributed by atoms with Gasteiger partial charge in [-0.25, -0.2) is 8.42 Å². The third kappa shape index (κ3) is 4.77. The fourth-order valence-corrected chi connectivity index (χ4v) is 6.33. The Morgan fingerprint density at radius 1 is 0.970 bits per heavy atom. The van der Waals surface area contributed by atoms with Gasteiger partial charge in [-0.3, -0.25) is 9.52 Å². The van der Waals surface area contributed by atoms with Crippen molar-refractivity contribution >= 4 is 44.3 Å². The Hall–Kier alpha value is -2.84. The van der Waals surface area contributed by atoms with Crippen LogP contribution in [0.1, 0.15) is 44.8 Å². The molecule has 8 heteroatoms. The monoisotopic (exact) mass is 483 g/mol. The van der Waals surface area contributed by atoms with Crippen LogP contribution >= 0.6 is 11.3 Å². The van der Waals surface area contributed by atoms with Gasteiger partial charge in [-0.2, -0.15) is 0 Å². The van der Waals surface area contributed by atoms with E-state index in [-0.39, 0.29) is 16.5 Å². The second-order valence-corrected chi connectivity index (χ2v) is 11.2.